The SMILES string of the molecule is CC(C)CN(c1ccc(-c2ccccc2C(=O)O)cc1[N+](=O)[O-])C1CCCCC1. The van der Waals surface area contributed by atoms with Gasteiger partial charge in [-0.3, -0.25) is 10.1 Å². The van der Waals surface area contributed by atoms with E-state index in [9.17, 15) is 20.0 Å². The van der Waals surface area contributed by atoms with E-state index in [1.165, 1.54) is 18.6 Å². The van der Waals surface area contributed by atoms with Gasteiger partial charge in [-0.25, -0.2) is 4.79 Å². The van der Waals surface area contributed by atoms with Crippen molar-refractivity contribution in [1.82, 2.24) is 0 Å². The van der Waals surface area contributed by atoms with Crippen LogP contribution in [0.1, 0.15) is 56.3 Å². The summed E-state index contributed by atoms with van der Waals surface area (Å²) in [6.07, 6.45) is 5.62. The number of carboxylic acids is 1. The molecule has 0 amide bonds. The summed E-state index contributed by atoms with van der Waals surface area (Å²) in [5, 5.41) is 21.4. The van der Waals surface area contributed by atoms with Crippen LogP contribution < -0.4 is 4.90 Å². The van der Waals surface area contributed by atoms with Gasteiger partial charge in [-0.15, -0.1) is 0 Å². The number of nitrogens with zero attached hydrogens (tertiary/aromatic N) is 2. The summed E-state index contributed by atoms with van der Waals surface area (Å²) >= 11 is 0. The molecule has 0 atom stereocenters. The second-order valence-electron chi connectivity index (χ2n) is 8.15. The molecular formula is C23H28N2O4. The molecule has 2 aromatic rings. The molecule has 0 spiro atoms. The highest BCUT2D eigenvalue weighted by atomic mass is 16.6. The number of hydrogen-bond donors (Lipinski definition) is 1. The zero-order valence-electron chi connectivity index (χ0n) is 17.0. The van der Waals surface area contributed by atoms with Crippen molar-refractivity contribution >= 4 is 17.3 Å². The zero-order valence-corrected chi connectivity index (χ0v) is 17.0. The Hall–Kier alpha value is -2.89. The van der Waals surface area contributed by atoms with Gasteiger partial charge in [0.05, 0.1) is 10.5 Å². The molecule has 0 aliphatic heterocycles. The molecule has 1 fully saturated rings. The molecular weight excluding hydrogens is 368 g/mol. The van der Waals surface area contributed by atoms with Crippen LogP contribution in [-0.2, 0) is 0 Å². The Balaban J connectivity index is 2.07. The number of aromatic carboxylic acids is 1. The molecule has 1 aliphatic carbocycles. The van der Waals surface area contributed by atoms with Gasteiger partial charge in [0.15, 0.2) is 0 Å². The van der Waals surface area contributed by atoms with E-state index in [0.717, 1.165) is 32.2 Å². The van der Waals surface area contributed by atoms with Gasteiger partial charge in [-0.1, -0.05) is 57.4 Å². The van der Waals surface area contributed by atoms with Crippen molar-refractivity contribution in [3.05, 3.63) is 58.1 Å². The average molecular weight is 396 g/mol. The Bertz CT molecular complexity index is 888. The molecule has 6 heteroatoms. The Morgan fingerprint density at radius 3 is 2.48 bits per heavy atom. The smallest absolute Gasteiger partial charge is 0.336 e. The van der Waals surface area contributed by atoms with Crippen LogP contribution in [-0.4, -0.2) is 28.6 Å². The third-order valence-electron chi connectivity index (χ3n) is 5.53. The van der Waals surface area contributed by atoms with Crippen molar-refractivity contribution in [2.45, 2.75) is 52.0 Å². The molecule has 0 aromatic heterocycles. The minimum absolute atomic E-state index is 0.0360. The lowest BCUT2D eigenvalue weighted by Crippen LogP contribution is -2.39. The summed E-state index contributed by atoms with van der Waals surface area (Å²) in [4.78, 5) is 25.4. The molecule has 1 saturated carbocycles. The first-order valence-electron chi connectivity index (χ1n) is 10.3. The molecule has 1 N–H and O–H groups in total. The maximum absolute atomic E-state index is 12.0. The minimum Gasteiger partial charge on any atom is -0.478 e. The highest BCUT2D eigenvalue weighted by Crippen LogP contribution is 2.38. The first-order chi connectivity index (χ1) is 13.9. The number of nitro benzene ring substituents is 1. The van der Waals surface area contributed by atoms with Gasteiger partial charge in [0.2, 0.25) is 0 Å². The number of hydrogen-bond acceptors (Lipinski definition) is 4. The van der Waals surface area contributed by atoms with Gasteiger partial charge in [-0.05, 0) is 42.0 Å². The molecule has 0 saturated heterocycles. The van der Waals surface area contributed by atoms with E-state index in [4.69, 9.17) is 0 Å². The summed E-state index contributed by atoms with van der Waals surface area (Å²) in [6.45, 7) is 5.01. The summed E-state index contributed by atoms with van der Waals surface area (Å²) in [5.74, 6) is -0.667. The summed E-state index contributed by atoms with van der Waals surface area (Å²) < 4.78 is 0. The third kappa shape index (κ3) is 4.75. The normalized spacial score (nSPS) is 14.7. The van der Waals surface area contributed by atoms with E-state index in [0.29, 0.717) is 28.8 Å². The van der Waals surface area contributed by atoms with Crippen molar-refractivity contribution < 1.29 is 14.8 Å². The maximum Gasteiger partial charge on any atom is 0.336 e. The molecule has 154 valence electrons. The second kappa shape index (κ2) is 9.07. The van der Waals surface area contributed by atoms with Gasteiger partial charge >= 0.3 is 5.97 Å². The van der Waals surface area contributed by atoms with Crippen LogP contribution in [0.15, 0.2) is 42.5 Å². The Morgan fingerprint density at radius 1 is 1.17 bits per heavy atom. The lowest BCUT2D eigenvalue weighted by molar-refractivity contribution is -0.384. The lowest BCUT2D eigenvalue weighted by Gasteiger charge is -2.37. The van der Waals surface area contributed by atoms with E-state index < -0.39 is 5.97 Å². The monoisotopic (exact) mass is 396 g/mol. The van der Waals surface area contributed by atoms with Crippen LogP contribution in [0, 0.1) is 16.0 Å². The van der Waals surface area contributed by atoms with Crippen molar-refractivity contribution in [2.24, 2.45) is 5.92 Å². The molecule has 6 nitrogen and oxygen atoms in total. The fraction of sp³-hybridized carbons (Fsp3) is 0.435. The summed E-state index contributed by atoms with van der Waals surface area (Å²) in [6, 6.07) is 12.0. The van der Waals surface area contributed by atoms with Crippen LogP contribution in [0.5, 0.6) is 0 Å². The maximum atomic E-state index is 12.0. The minimum atomic E-state index is -1.05. The quantitative estimate of drug-likeness (QED) is 0.475. The summed E-state index contributed by atoms with van der Waals surface area (Å²) in [5.41, 5.74) is 1.84. The van der Waals surface area contributed by atoms with Gasteiger partial charge in [-0.2, -0.15) is 0 Å². The standard InChI is InChI=1S/C23H28N2O4/c1-16(2)15-24(18-8-4-3-5-9-18)21-13-12-17(14-22(21)25(28)29)19-10-6-7-11-20(19)23(26)27/h6-7,10-14,16,18H,3-5,8-9,15H2,1-2H3,(H,26,27). The van der Waals surface area contributed by atoms with Gasteiger partial charge in [0, 0.05) is 18.7 Å². The number of rotatable bonds is 7. The van der Waals surface area contributed by atoms with Gasteiger partial charge in [0.25, 0.3) is 5.69 Å². The molecule has 0 heterocycles. The molecule has 0 unspecified atom stereocenters. The number of anilines is 1. The van der Waals surface area contributed by atoms with Crippen molar-refractivity contribution in [3.8, 4) is 11.1 Å². The largest absolute Gasteiger partial charge is 0.478 e. The first-order valence-corrected chi connectivity index (χ1v) is 10.3. The number of carbonyl (C=O) groups is 1. The highest BCUT2D eigenvalue weighted by molar-refractivity contribution is 5.96. The average Bonchev–Trinajstić information content (AvgIpc) is 2.72. The fourth-order valence-electron chi connectivity index (χ4n) is 4.23. The van der Waals surface area contributed by atoms with Crippen molar-refractivity contribution in [1.29, 1.82) is 0 Å². The van der Waals surface area contributed by atoms with Crippen LogP contribution in [0.25, 0.3) is 11.1 Å². The predicted octanol–water partition coefficient (Wildman–Crippen LogP) is 5.76. The second-order valence-corrected chi connectivity index (χ2v) is 8.15. The fourth-order valence-corrected chi connectivity index (χ4v) is 4.23. The van der Waals surface area contributed by atoms with E-state index in [1.807, 2.05) is 0 Å². The Kier molecular flexibility index (Phi) is 6.52. The van der Waals surface area contributed by atoms with E-state index in [1.54, 1.807) is 30.3 Å². The van der Waals surface area contributed by atoms with Crippen LogP contribution in [0.3, 0.4) is 0 Å². The van der Waals surface area contributed by atoms with Gasteiger partial charge < -0.3 is 10.0 Å². The summed E-state index contributed by atoms with van der Waals surface area (Å²) in [7, 11) is 0. The van der Waals surface area contributed by atoms with E-state index in [2.05, 4.69) is 18.7 Å². The van der Waals surface area contributed by atoms with Crippen molar-refractivity contribution in [3.63, 3.8) is 0 Å². The van der Waals surface area contributed by atoms with Crippen LogP contribution in [0.2, 0.25) is 0 Å². The molecule has 3 rings (SSSR count). The van der Waals surface area contributed by atoms with Crippen molar-refractivity contribution in [2.75, 3.05) is 11.4 Å². The molecule has 2 aromatic carbocycles. The zero-order chi connectivity index (χ0) is 21.0. The highest BCUT2D eigenvalue weighted by Gasteiger charge is 2.28. The number of nitro groups is 1. The molecule has 29 heavy (non-hydrogen) atoms. The van der Waals surface area contributed by atoms with E-state index in [-0.39, 0.29) is 16.2 Å². The Labute approximate surface area is 171 Å². The Morgan fingerprint density at radius 2 is 1.86 bits per heavy atom. The predicted molar refractivity (Wildman–Crippen MR) is 115 cm³/mol. The topological polar surface area (TPSA) is 83.7 Å². The van der Waals surface area contributed by atoms with Crippen LogP contribution in [0.4, 0.5) is 11.4 Å². The molecule has 1 aliphatic rings. The number of benzene rings is 2. The molecule has 0 radical (unpaired) electrons. The third-order valence-corrected chi connectivity index (χ3v) is 5.53. The first kappa shape index (κ1) is 20.8. The van der Waals surface area contributed by atoms with E-state index >= 15 is 0 Å². The van der Waals surface area contributed by atoms with Crippen LogP contribution >= 0.6 is 0 Å². The lowest BCUT2D eigenvalue weighted by atomic mass is 9.92. The van der Waals surface area contributed by atoms with Gasteiger partial charge in [0.1, 0.15) is 5.69 Å². The number of carboxylic acid groups (broad SMARTS) is 1. The molecule has 0 bridgehead atoms.